The molecule has 1 aromatic rings. The van der Waals surface area contributed by atoms with Crippen LogP contribution in [0.4, 0.5) is 0 Å². The van der Waals surface area contributed by atoms with Gasteiger partial charge in [-0.1, -0.05) is 29.9 Å². The van der Waals surface area contributed by atoms with Crippen LogP contribution in [0.2, 0.25) is 0 Å². The highest BCUT2D eigenvalue weighted by atomic mass is 32.2. The van der Waals surface area contributed by atoms with Crippen LogP contribution in [0.3, 0.4) is 0 Å². The number of thiocarbonyl (C=S) groups is 1. The van der Waals surface area contributed by atoms with Crippen LogP contribution in [0.15, 0.2) is 29.2 Å². The Balaban J connectivity index is 2.96. The van der Waals surface area contributed by atoms with Crippen molar-refractivity contribution in [3.05, 3.63) is 29.8 Å². The van der Waals surface area contributed by atoms with Crippen molar-refractivity contribution < 1.29 is 8.42 Å². The molecule has 0 radical (unpaired) electrons. The van der Waals surface area contributed by atoms with Crippen molar-refractivity contribution in [3.63, 3.8) is 0 Å². The topological polar surface area (TPSA) is 46.2 Å². The molecule has 0 saturated heterocycles. The molecule has 15 heavy (non-hydrogen) atoms. The van der Waals surface area contributed by atoms with E-state index in [-0.39, 0.29) is 10.9 Å². The summed E-state index contributed by atoms with van der Waals surface area (Å²) in [5, 5.41) is 1.38. The van der Waals surface area contributed by atoms with Gasteiger partial charge >= 0.3 is 0 Å². The van der Waals surface area contributed by atoms with E-state index in [0.29, 0.717) is 0 Å². The molecule has 82 valence electrons. The molecule has 5 heteroatoms. The van der Waals surface area contributed by atoms with Crippen LogP contribution >= 0.6 is 12.2 Å². The van der Waals surface area contributed by atoms with E-state index in [1.165, 1.54) is 5.37 Å². The van der Waals surface area contributed by atoms with Gasteiger partial charge in [0.2, 0.25) is 10.0 Å². The summed E-state index contributed by atoms with van der Waals surface area (Å²) in [5.41, 5.74) is 1.02. The third kappa shape index (κ3) is 3.37. The van der Waals surface area contributed by atoms with Crippen LogP contribution in [0.25, 0.3) is 0 Å². The average Bonchev–Trinajstić information content (AvgIpc) is 2.17. The van der Waals surface area contributed by atoms with E-state index < -0.39 is 10.0 Å². The fourth-order valence-corrected chi connectivity index (χ4v) is 2.40. The summed E-state index contributed by atoms with van der Waals surface area (Å²) in [5.74, 6) is 0. The zero-order valence-electron chi connectivity index (χ0n) is 8.60. The Kier molecular flexibility index (Phi) is 3.96. The molecule has 0 bridgehead atoms. The zero-order chi connectivity index (χ0) is 11.5. The van der Waals surface area contributed by atoms with Gasteiger partial charge in [-0.2, -0.15) is 0 Å². The first-order chi connectivity index (χ1) is 6.95. The quantitative estimate of drug-likeness (QED) is 0.818. The molecule has 0 saturated carbocycles. The van der Waals surface area contributed by atoms with Crippen molar-refractivity contribution in [2.75, 3.05) is 0 Å². The standard InChI is InChI=1S/C10H13NO2S2/c1-8-3-5-10(6-4-8)15(12,13)11-9(2)7-14/h3-7,9,11H,1-2H3. The summed E-state index contributed by atoms with van der Waals surface area (Å²) in [6.45, 7) is 3.60. The Morgan fingerprint density at radius 3 is 2.33 bits per heavy atom. The number of aryl methyl sites for hydroxylation is 1. The number of hydrogen-bond donors (Lipinski definition) is 1. The molecule has 0 aliphatic rings. The van der Waals surface area contributed by atoms with Gasteiger partial charge in [-0.05, 0) is 31.3 Å². The predicted molar refractivity (Wildman–Crippen MR) is 64.6 cm³/mol. The first-order valence-corrected chi connectivity index (χ1v) is 6.45. The van der Waals surface area contributed by atoms with Crippen molar-refractivity contribution in [1.29, 1.82) is 0 Å². The summed E-state index contributed by atoms with van der Waals surface area (Å²) >= 11 is 4.66. The van der Waals surface area contributed by atoms with Gasteiger partial charge in [-0.15, -0.1) is 0 Å². The van der Waals surface area contributed by atoms with Gasteiger partial charge in [-0.3, -0.25) is 0 Å². The highest BCUT2D eigenvalue weighted by molar-refractivity contribution is 7.89. The molecule has 0 aliphatic carbocycles. The molecule has 0 amide bonds. The largest absolute Gasteiger partial charge is 0.241 e. The molecular weight excluding hydrogens is 230 g/mol. The van der Waals surface area contributed by atoms with Crippen molar-refractivity contribution in [2.24, 2.45) is 0 Å². The molecular formula is C10H13NO2S2. The van der Waals surface area contributed by atoms with Gasteiger partial charge in [0.1, 0.15) is 0 Å². The van der Waals surface area contributed by atoms with Crippen LogP contribution in [-0.2, 0) is 10.0 Å². The van der Waals surface area contributed by atoms with Crippen molar-refractivity contribution in [3.8, 4) is 0 Å². The Labute approximate surface area is 95.6 Å². The van der Waals surface area contributed by atoms with Gasteiger partial charge in [0.25, 0.3) is 0 Å². The van der Waals surface area contributed by atoms with Crippen LogP contribution in [0, 0.1) is 6.92 Å². The summed E-state index contributed by atoms with van der Waals surface area (Å²) in [7, 11) is -3.44. The van der Waals surface area contributed by atoms with Gasteiger partial charge < -0.3 is 0 Å². The third-order valence-corrected chi connectivity index (χ3v) is 3.86. The van der Waals surface area contributed by atoms with Crippen LogP contribution in [0.5, 0.6) is 0 Å². The first kappa shape index (κ1) is 12.3. The third-order valence-electron chi connectivity index (χ3n) is 1.88. The van der Waals surface area contributed by atoms with Gasteiger partial charge in [0, 0.05) is 6.04 Å². The van der Waals surface area contributed by atoms with Crippen molar-refractivity contribution >= 4 is 27.6 Å². The molecule has 0 aromatic heterocycles. The summed E-state index contributed by atoms with van der Waals surface area (Å²) in [6.07, 6.45) is 0. The molecule has 0 fully saturated rings. The fraction of sp³-hybridized carbons (Fsp3) is 0.300. The van der Waals surface area contributed by atoms with E-state index in [2.05, 4.69) is 16.9 Å². The minimum absolute atomic E-state index is 0.261. The van der Waals surface area contributed by atoms with E-state index in [9.17, 15) is 8.42 Å². The van der Waals surface area contributed by atoms with Crippen molar-refractivity contribution in [2.45, 2.75) is 24.8 Å². The van der Waals surface area contributed by atoms with E-state index in [4.69, 9.17) is 0 Å². The van der Waals surface area contributed by atoms with Crippen molar-refractivity contribution in [1.82, 2.24) is 4.72 Å². The Hall–Kier alpha value is -0.780. The number of sulfonamides is 1. The number of benzene rings is 1. The van der Waals surface area contributed by atoms with E-state index in [0.717, 1.165) is 5.56 Å². The number of hydrogen-bond acceptors (Lipinski definition) is 3. The first-order valence-electron chi connectivity index (χ1n) is 4.50. The Bertz CT molecular complexity index is 437. The molecule has 1 rings (SSSR count). The second kappa shape index (κ2) is 4.83. The highest BCUT2D eigenvalue weighted by Crippen LogP contribution is 2.10. The zero-order valence-corrected chi connectivity index (χ0v) is 10.2. The Morgan fingerprint density at radius 2 is 1.87 bits per heavy atom. The summed E-state index contributed by atoms with van der Waals surface area (Å²) in [6, 6.07) is 6.33. The molecule has 0 spiro atoms. The maximum absolute atomic E-state index is 11.7. The Morgan fingerprint density at radius 1 is 1.33 bits per heavy atom. The van der Waals surface area contributed by atoms with Gasteiger partial charge in [0.15, 0.2) is 0 Å². The lowest BCUT2D eigenvalue weighted by Gasteiger charge is -2.09. The molecule has 1 N–H and O–H groups in total. The molecule has 3 nitrogen and oxygen atoms in total. The SMILES string of the molecule is Cc1ccc(S(=O)(=O)NC(C)C=S)cc1. The van der Waals surface area contributed by atoms with Gasteiger partial charge in [-0.25, -0.2) is 13.1 Å². The molecule has 1 atom stereocenters. The van der Waals surface area contributed by atoms with Crippen LogP contribution in [0.1, 0.15) is 12.5 Å². The smallest absolute Gasteiger partial charge is 0.207 e. The molecule has 1 unspecified atom stereocenters. The number of nitrogens with one attached hydrogen (secondary N) is 1. The highest BCUT2D eigenvalue weighted by Gasteiger charge is 2.15. The maximum Gasteiger partial charge on any atom is 0.241 e. The van der Waals surface area contributed by atoms with Gasteiger partial charge in [0.05, 0.1) is 4.90 Å². The minimum atomic E-state index is -3.44. The number of rotatable bonds is 4. The minimum Gasteiger partial charge on any atom is -0.207 e. The van der Waals surface area contributed by atoms with Crippen LogP contribution < -0.4 is 4.72 Å². The monoisotopic (exact) mass is 243 g/mol. The van der Waals surface area contributed by atoms with E-state index in [1.54, 1.807) is 31.2 Å². The van der Waals surface area contributed by atoms with E-state index >= 15 is 0 Å². The fourth-order valence-electron chi connectivity index (χ4n) is 1.06. The predicted octanol–water partition coefficient (Wildman–Crippen LogP) is 1.66. The summed E-state index contributed by atoms with van der Waals surface area (Å²) in [4.78, 5) is 0.261. The second-order valence-electron chi connectivity index (χ2n) is 3.36. The molecule has 1 aromatic carbocycles. The lowest BCUT2D eigenvalue weighted by molar-refractivity contribution is 0.579. The second-order valence-corrected chi connectivity index (χ2v) is 5.35. The van der Waals surface area contributed by atoms with E-state index in [1.807, 2.05) is 6.92 Å². The lowest BCUT2D eigenvalue weighted by atomic mass is 10.2. The van der Waals surface area contributed by atoms with Crippen LogP contribution in [-0.4, -0.2) is 19.8 Å². The normalized spacial score (nSPS) is 13.5. The maximum atomic E-state index is 11.7. The average molecular weight is 243 g/mol. The lowest BCUT2D eigenvalue weighted by Crippen LogP contribution is -2.33. The molecule has 0 aliphatic heterocycles. The molecule has 0 heterocycles. The summed E-state index contributed by atoms with van der Waals surface area (Å²) < 4.78 is 25.9.